The van der Waals surface area contributed by atoms with Crippen molar-refractivity contribution in [1.29, 1.82) is 0 Å². The predicted octanol–water partition coefficient (Wildman–Crippen LogP) is 7.28. The normalized spacial score (nSPS) is 11.5. The van der Waals surface area contributed by atoms with Gasteiger partial charge in [-0.2, -0.15) is 8.42 Å². The monoisotopic (exact) mass is 448 g/mol. The molecule has 0 saturated heterocycles. The maximum Gasteiger partial charge on any atom is 0.294 e. The van der Waals surface area contributed by atoms with Gasteiger partial charge in [-0.25, -0.2) is 0 Å². The lowest BCUT2D eigenvalue weighted by molar-refractivity contribution is 0.451. The highest BCUT2D eigenvalue weighted by molar-refractivity contribution is 7.85. The quantitative estimate of drug-likeness (QED) is 0.221. The first-order valence-electron chi connectivity index (χ1n) is 11.5. The zero-order chi connectivity index (χ0) is 22.5. The number of ether oxygens (including phenoxy) is 1. The van der Waals surface area contributed by atoms with Crippen LogP contribution in [0.1, 0.15) is 83.1 Å². The van der Waals surface area contributed by atoms with E-state index >= 15 is 0 Å². The Kier molecular flexibility index (Phi) is 10.9. The van der Waals surface area contributed by atoms with Gasteiger partial charge in [-0.05, 0) is 48.7 Å². The lowest BCUT2D eigenvalue weighted by atomic mass is 10.0. The number of unbranched alkanes of at least 4 members (excludes halogenated alkanes) is 10. The van der Waals surface area contributed by atoms with Gasteiger partial charge < -0.3 is 9.84 Å². The molecule has 6 heteroatoms. The summed E-state index contributed by atoms with van der Waals surface area (Å²) in [6.45, 7) is 2.24. The molecule has 0 radical (unpaired) electrons. The van der Waals surface area contributed by atoms with Gasteiger partial charge in [-0.1, -0.05) is 77.2 Å². The minimum Gasteiger partial charge on any atom is -0.508 e. The maximum absolute atomic E-state index is 11.5. The molecular weight excluding hydrogens is 412 g/mol. The Morgan fingerprint density at radius 1 is 0.806 bits per heavy atom. The SMILES string of the molecule is CCCCCCCCCCCCCc1cc(S(=O)(=O)O)ccc1Oc1cccc(O)c1. The average molecular weight is 449 g/mol. The Labute approximate surface area is 187 Å². The van der Waals surface area contributed by atoms with E-state index in [4.69, 9.17) is 4.74 Å². The lowest BCUT2D eigenvalue weighted by Crippen LogP contribution is -2.01. The summed E-state index contributed by atoms with van der Waals surface area (Å²) in [6, 6.07) is 10.8. The van der Waals surface area contributed by atoms with Crippen molar-refractivity contribution in [3.05, 3.63) is 48.0 Å². The van der Waals surface area contributed by atoms with E-state index in [0.29, 0.717) is 17.9 Å². The fraction of sp³-hybridized carbons (Fsp3) is 0.520. The highest BCUT2D eigenvalue weighted by Crippen LogP contribution is 2.30. The number of aromatic hydroxyl groups is 1. The molecule has 0 unspecified atom stereocenters. The van der Waals surface area contributed by atoms with Crippen molar-refractivity contribution < 1.29 is 22.8 Å². The van der Waals surface area contributed by atoms with Crippen molar-refractivity contribution >= 4 is 10.1 Å². The number of rotatable bonds is 15. The molecule has 0 amide bonds. The van der Waals surface area contributed by atoms with E-state index in [1.807, 2.05) is 0 Å². The van der Waals surface area contributed by atoms with E-state index in [-0.39, 0.29) is 10.6 Å². The van der Waals surface area contributed by atoms with Crippen LogP contribution in [0.4, 0.5) is 0 Å². The van der Waals surface area contributed by atoms with Crippen molar-refractivity contribution in [2.75, 3.05) is 0 Å². The lowest BCUT2D eigenvalue weighted by Gasteiger charge is -2.13. The van der Waals surface area contributed by atoms with Crippen LogP contribution in [0.5, 0.6) is 17.2 Å². The van der Waals surface area contributed by atoms with Crippen molar-refractivity contribution in [1.82, 2.24) is 0 Å². The molecule has 2 aromatic carbocycles. The third kappa shape index (κ3) is 9.74. The first-order valence-corrected chi connectivity index (χ1v) is 12.9. The fourth-order valence-corrected chi connectivity index (χ4v) is 4.20. The molecule has 0 aliphatic rings. The van der Waals surface area contributed by atoms with Crippen molar-refractivity contribution in [3.63, 3.8) is 0 Å². The van der Waals surface area contributed by atoms with Crippen LogP contribution in [0, 0.1) is 0 Å². The van der Waals surface area contributed by atoms with Crippen LogP contribution < -0.4 is 4.74 Å². The summed E-state index contributed by atoms with van der Waals surface area (Å²) in [5.74, 6) is 1.10. The third-order valence-electron chi connectivity index (χ3n) is 5.42. The van der Waals surface area contributed by atoms with Crippen LogP contribution in [-0.4, -0.2) is 18.1 Å². The summed E-state index contributed by atoms with van der Waals surface area (Å²) in [4.78, 5) is -0.131. The van der Waals surface area contributed by atoms with Crippen LogP contribution >= 0.6 is 0 Å². The molecule has 0 aliphatic carbocycles. The van der Waals surface area contributed by atoms with Gasteiger partial charge in [0.2, 0.25) is 0 Å². The third-order valence-corrected chi connectivity index (χ3v) is 6.27. The van der Waals surface area contributed by atoms with Crippen molar-refractivity contribution in [2.45, 2.75) is 88.9 Å². The van der Waals surface area contributed by atoms with Crippen molar-refractivity contribution in [2.24, 2.45) is 0 Å². The molecule has 0 fully saturated rings. The van der Waals surface area contributed by atoms with Gasteiger partial charge >= 0.3 is 0 Å². The second-order valence-corrected chi connectivity index (χ2v) is 9.55. The minimum absolute atomic E-state index is 0.0963. The number of hydrogen-bond acceptors (Lipinski definition) is 4. The molecule has 2 rings (SSSR count). The molecule has 0 aromatic heterocycles. The second-order valence-electron chi connectivity index (χ2n) is 8.13. The average Bonchev–Trinajstić information content (AvgIpc) is 2.72. The van der Waals surface area contributed by atoms with Crippen LogP contribution in [-0.2, 0) is 16.5 Å². The molecule has 172 valence electrons. The Bertz CT molecular complexity index is 893. The van der Waals surface area contributed by atoms with Gasteiger partial charge in [0.05, 0.1) is 4.90 Å². The zero-order valence-corrected chi connectivity index (χ0v) is 19.4. The van der Waals surface area contributed by atoms with Gasteiger partial charge in [0.15, 0.2) is 0 Å². The summed E-state index contributed by atoms with van der Waals surface area (Å²) in [7, 11) is -4.27. The Hall–Kier alpha value is -2.05. The highest BCUT2D eigenvalue weighted by Gasteiger charge is 2.14. The first kappa shape index (κ1) is 25.2. The van der Waals surface area contributed by atoms with E-state index in [1.54, 1.807) is 24.3 Å². The molecule has 0 atom stereocenters. The molecule has 0 aliphatic heterocycles. The fourth-order valence-electron chi connectivity index (χ4n) is 3.66. The van der Waals surface area contributed by atoms with Crippen molar-refractivity contribution in [3.8, 4) is 17.2 Å². The van der Waals surface area contributed by atoms with Crippen LogP contribution in [0.15, 0.2) is 47.4 Å². The molecule has 5 nitrogen and oxygen atoms in total. The summed E-state index contributed by atoms with van der Waals surface area (Å²) >= 11 is 0. The van der Waals surface area contributed by atoms with E-state index in [2.05, 4.69) is 6.92 Å². The Morgan fingerprint density at radius 2 is 1.42 bits per heavy atom. The molecular formula is C25H36O5S. The summed E-state index contributed by atoms with van der Waals surface area (Å²) in [5, 5.41) is 9.63. The largest absolute Gasteiger partial charge is 0.508 e. The van der Waals surface area contributed by atoms with Crippen LogP contribution in [0.2, 0.25) is 0 Å². The Morgan fingerprint density at radius 3 is 2.00 bits per heavy atom. The van der Waals surface area contributed by atoms with Gasteiger partial charge in [0, 0.05) is 6.07 Å². The summed E-state index contributed by atoms with van der Waals surface area (Å²) in [6.07, 6.45) is 14.3. The van der Waals surface area contributed by atoms with Gasteiger partial charge in [-0.3, -0.25) is 4.55 Å². The standard InChI is InChI=1S/C25H36O5S/c1-2-3-4-5-6-7-8-9-10-11-12-14-21-19-24(31(27,28)29)17-18-25(21)30-23-16-13-15-22(26)20-23/h13,15-20,26H,2-12,14H2,1H3,(H,27,28,29). The van der Waals surface area contributed by atoms with E-state index in [1.165, 1.54) is 69.6 Å². The number of hydrogen-bond donors (Lipinski definition) is 2. The smallest absolute Gasteiger partial charge is 0.294 e. The molecule has 0 bridgehead atoms. The van der Waals surface area contributed by atoms with E-state index in [0.717, 1.165) is 24.8 Å². The molecule has 31 heavy (non-hydrogen) atoms. The molecule has 2 aromatic rings. The topological polar surface area (TPSA) is 83.8 Å². The van der Waals surface area contributed by atoms with E-state index < -0.39 is 10.1 Å². The molecule has 2 N–H and O–H groups in total. The highest BCUT2D eigenvalue weighted by atomic mass is 32.2. The van der Waals surface area contributed by atoms with Gasteiger partial charge in [0.1, 0.15) is 17.2 Å². The Balaban J connectivity index is 1.85. The molecule has 0 heterocycles. The molecule has 0 saturated carbocycles. The number of phenols is 1. The van der Waals surface area contributed by atoms with Crippen LogP contribution in [0.3, 0.4) is 0 Å². The first-order chi connectivity index (χ1) is 14.9. The summed E-state index contributed by atoms with van der Waals surface area (Å²) in [5.41, 5.74) is 0.731. The number of aryl methyl sites for hydroxylation is 1. The predicted molar refractivity (Wildman–Crippen MR) is 125 cm³/mol. The van der Waals surface area contributed by atoms with Gasteiger partial charge in [0.25, 0.3) is 10.1 Å². The second kappa shape index (κ2) is 13.4. The zero-order valence-electron chi connectivity index (χ0n) is 18.6. The van der Waals surface area contributed by atoms with Gasteiger partial charge in [-0.15, -0.1) is 0 Å². The minimum atomic E-state index is -4.27. The summed E-state index contributed by atoms with van der Waals surface area (Å²) < 4.78 is 38.3. The molecule has 0 spiro atoms. The van der Waals surface area contributed by atoms with Crippen LogP contribution in [0.25, 0.3) is 0 Å². The number of benzene rings is 2. The maximum atomic E-state index is 11.5. The van der Waals surface area contributed by atoms with E-state index in [9.17, 15) is 18.1 Å². The number of phenolic OH excluding ortho intramolecular Hbond substituents is 1.